The molecule has 7 unspecified atom stereocenters. The maximum absolute atomic E-state index is 13.1. The number of unbranched alkanes of at least 4 members (excludes halogenated alkanes) is 45. The van der Waals surface area contributed by atoms with Crippen molar-refractivity contribution in [2.24, 2.45) is 0 Å². The van der Waals surface area contributed by atoms with Crippen LogP contribution in [0.2, 0.25) is 0 Å². The van der Waals surface area contributed by atoms with Crippen molar-refractivity contribution in [1.29, 1.82) is 0 Å². The van der Waals surface area contributed by atoms with Crippen LogP contribution in [0.3, 0.4) is 0 Å². The zero-order valence-corrected chi connectivity index (χ0v) is 52.2. The molecule has 0 aromatic rings. The van der Waals surface area contributed by atoms with Crippen LogP contribution < -0.4 is 5.32 Å². The van der Waals surface area contributed by atoms with Crippen molar-refractivity contribution in [1.82, 2.24) is 5.32 Å². The number of hydrogen-bond donors (Lipinski definition) is 6. The van der Waals surface area contributed by atoms with Crippen LogP contribution in [-0.4, -0.2) is 87.5 Å². The summed E-state index contributed by atoms with van der Waals surface area (Å²) in [5.41, 5.74) is 0. The molecule has 466 valence electrons. The highest BCUT2D eigenvalue weighted by Crippen LogP contribution is 2.24. The Morgan fingerprint density at radius 1 is 0.430 bits per heavy atom. The average Bonchev–Trinajstić information content (AvgIpc) is 3.46. The van der Waals surface area contributed by atoms with Gasteiger partial charge >= 0.3 is 0 Å². The van der Waals surface area contributed by atoms with Gasteiger partial charge in [-0.15, -0.1) is 0 Å². The van der Waals surface area contributed by atoms with Crippen LogP contribution in [0.5, 0.6) is 0 Å². The minimum absolute atomic E-state index is 0.133. The number of hydrogen-bond acceptors (Lipinski definition) is 8. The molecular weight excluding hydrogens is 983 g/mol. The summed E-state index contributed by atoms with van der Waals surface area (Å²) < 4.78 is 11.3. The molecule has 9 nitrogen and oxygen atoms in total. The molecule has 6 N–H and O–H groups in total. The lowest BCUT2D eigenvalue weighted by Gasteiger charge is -2.40. The molecule has 7 atom stereocenters. The van der Waals surface area contributed by atoms with Crippen molar-refractivity contribution in [2.75, 3.05) is 13.2 Å². The Labute approximate surface area is 489 Å². The molecule has 0 aromatic heterocycles. The van der Waals surface area contributed by atoms with Gasteiger partial charge in [0.05, 0.1) is 25.4 Å². The molecule has 1 amide bonds. The third kappa shape index (κ3) is 48.5. The van der Waals surface area contributed by atoms with Crippen molar-refractivity contribution in [3.8, 4) is 0 Å². The van der Waals surface area contributed by atoms with E-state index in [9.17, 15) is 30.3 Å². The highest BCUT2D eigenvalue weighted by atomic mass is 16.7. The Kier molecular flexibility index (Phi) is 56.9. The van der Waals surface area contributed by atoms with E-state index in [1.54, 1.807) is 0 Å². The predicted molar refractivity (Wildman–Crippen MR) is 337 cm³/mol. The summed E-state index contributed by atoms with van der Waals surface area (Å²) in [4.78, 5) is 13.1. The fraction of sp³-hybridized carbons (Fsp3) is 0.900. The van der Waals surface area contributed by atoms with Gasteiger partial charge in [0.25, 0.3) is 0 Å². The summed E-state index contributed by atoms with van der Waals surface area (Å²) in [6, 6.07) is -0.716. The molecule has 0 aromatic carbocycles. The first-order chi connectivity index (χ1) is 38.8. The van der Waals surface area contributed by atoms with Crippen molar-refractivity contribution < 1.29 is 39.8 Å². The molecule has 0 spiro atoms. The van der Waals surface area contributed by atoms with Gasteiger partial charge in [-0.3, -0.25) is 4.79 Å². The van der Waals surface area contributed by atoms with Crippen molar-refractivity contribution in [2.45, 2.75) is 391 Å². The molecule has 1 rings (SSSR count). The SMILES string of the molecule is CCCCCCC/C=C\C/C=C\C/C=C\CCCCCCCCCCCCCCCCCCCCCCCCCCCCC(=O)NC(COC1OC(CO)C(O)C(O)C1O)C(O)CCCCCCCCCCCCCCCCC. The van der Waals surface area contributed by atoms with E-state index in [2.05, 4.69) is 55.6 Å². The van der Waals surface area contributed by atoms with E-state index < -0.39 is 49.5 Å². The van der Waals surface area contributed by atoms with Crippen LogP contribution in [0.4, 0.5) is 0 Å². The van der Waals surface area contributed by atoms with Crippen LogP contribution in [0.25, 0.3) is 0 Å². The zero-order valence-electron chi connectivity index (χ0n) is 52.2. The van der Waals surface area contributed by atoms with Gasteiger partial charge in [0.15, 0.2) is 6.29 Å². The molecule has 1 fully saturated rings. The normalized spacial score (nSPS) is 18.7. The predicted octanol–water partition coefficient (Wildman–Crippen LogP) is 18.6. The van der Waals surface area contributed by atoms with E-state index in [4.69, 9.17) is 9.47 Å². The van der Waals surface area contributed by atoms with E-state index >= 15 is 0 Å². The molecule has 1 heterocycles. The summed E-state index contributed by atoms with van der Waals surface area (Å²) in [5, 5.41) is 54.8. The van der Waals surface area contributed by atoms with Gasteiger partial charge in [0, 0.05) is 6.42 Å². The quantitative estimate of drug-likeness (QED) is 0.0261. The zero-order chi connectivity index (χ0) is 57.2. The van der Waals surface area contributed by atoms with Crippen molar-refractivity contribution in [3.63, 3.8) is 0 Å². The fourth-order valence-electron chi connectivity index (χ4n) is 11.3. The van der Waals surface area contributed by atoms with E-state index in [1.807, 2.05) is 0 Å². The minimum Gasteiger partial charge on any atom is -0.394 e. The number of aliphatic hydroxyl groups excluding tert-OH is 5. The van der Waals surface area contributed by atoms with Crippen LogP contribution in [0, 0.1) is 0 Å². The highest BCUT2D eigenvalue weighted by Gasteiger charge is 2.44. The summed E-state index contributed by atoms with van der Waals surface area (Å²) >= 11 is 0. The maximum atomic E-state index is 13.1. The molecule has 0 radical (unpaired) electrons. The third-order valence-electron chi connectivity index (χ3n) is 16.7. The Balaban J connectivity index is 2.00. The smallest absolute Gasteiger partial charge is 0.220 e. The van der Waals surface area contributed by atoms with E-state index in [-0.39, 0.29) is 12.5 Å². The van der Waals surface area contributed by atoms with E-state index in [1.165, 1.54) is 270 Å². The van der Waals surface area contributed by atoms with E-state index in [0.29, 0.717) is 12.8 Å². The molecular formula is C70H133NO8. The first-order valence-electron chi connectivity index (χ1n) is 34.7. The number of rotatable bonds is 61. The number of ether oxygens (including phenoxy) is 2. The van der Waals surface area contributed by atoms with Gasteiger partial charge in [0.2, 0.25) is 5.91 Å². The monoisotopic (exact) mass is 1120 g/mol. The van der Waals surface area contributed by atoms with Gasteiger partial charge in [-0.05, 0) is 51.4 Å². The Bertz CT molecular complexity index is 1340. The maximum Gasteiger partial charge on any atom is 0.220 e. The van der Waals surface area contributed by atoms with Gasteiger partial charge in [-0.2, -0.15) is 0 Å². The molecule has 79 heavy (non-hydrogen) atoms. The van der Waals surface area contributed by atoms with Gasteiger partial charge in [0.1, 0.15) is 24.4 Å². The lowest BCUT2D eigenvalue weighted by Crippen LogP contribution is -2.60. The van der Waals surface area contributed by atoms with Crippen molar-refractivity contribution in [3.05, 3.63) is 36.5 Å². The highest BCUT2D eigenvalue weighted by molar-refractivity contribution is 5.76. The number of nitrogens with one attached hydrogen (secondary N) is 1. The number of aliphatic hydroxyl groups is 5. The van der Waals surface area contributed by atoms with Crippen LogP contribution in [-0.2, 0) is 14.3 Å². The average molecular weight is 1120 g/mol. The second-order valence-corrected chi connectivity index (χ2v) is 24.3. The first-order valence-corrected chi connectivity index (χ1v) is 34.7. The number of amides is 1. The summed E-state index contributed by atoms with van der Waals surface area (Å²) in [6.07, 6.45) is 72.3. The van der Waals surface area contributed by atoms with Crippen molar-refractivity contribution >= 4 is 5.91 Å². The molecule has 0 bridgehead atoms. The Morgan fingerprint density at radius 3 is 1.10 bits per heavy atom. The van der Waals surface area contributed by atoms with Crippen LogP contribution >= 0.6 is 0 Å². The van der Waals surface area contributed by atoms with Gasteiger partial charge < -0.3 is 40.3 Å². The topological polar surface area (TPSA) is 149 Å². The van der Waals surface area contributed by atoms with Crippen LogP contribution in [0.15, 0.2) is 36.5 Å². The molecule has 0 saturated carbocycles. The fourth-order valence-corrected chi connectivity index (χ4v) is 11.3. The molecule has 9 heteroatoms. The lowest BCUT2D eigenvalue weighted by molar-refractivity contribution is -0.302. The standard InChI is InChI=1S/C70H133NO8/c1-3-5-7-9-11-13-15-17-19-20-21-22-23-24-25-26-27-28-29-30-31-32-33-34-35-36-37-38-39-40-41-42-43-44-46-48-50-52-54-56-58-60-66(74)71-63(62-78-70-69(77)68(76)67(75)65(61-72)79-70)64(73)59-57-55-53-51-49-47-45-18-16-14-12-10-8-6-4-2/h15,17,20-21,23-24,63-65,67-70,72-73,75-77H,3-14,16,18-19,22,25-62H2,1-2H3,(H,71,74)/b17-15-,21-20-,24-23-. The Morgan fingerprint density at radius 2 is 0.747 bits per heavy atom. The minimum atomic E-state index is -1.55. The lowest BCUT2D eigenvalue weighted by atomic mass is 9.99. The molecule has 1 aliphatic heterocycles. The second-order valence-electron chi connectivity index (χ2n) is 24.3. The largest absolute Gasteiger partial charge is 0.394 e. The summed E-state index contributed by atoms with van der Waals surface area (Å²) in [7, 11) is 0. The van der Waals surface area contributed by atoms with Gasteiger partial charge in [-0.1, -0.05) is 326 Å². The number of carbonyl (C=O) groups excluding carboxylic acids is 1. The summed E-state index contributed by atoms with van der Waals surface area (Å²) in [6.45, 7) is 3.86. The first kappa shape index (κ1) is 75.4. The summed E-state index contributed by atoms with van der Waals surface area (Å²) in [5.74, 6) is -0.137. The molecule has 1 saturated heterocycles. The molecule has 0 aliphatic carbocycles. The van der Waals surface area contributed by atoms with E-state index in [0.717, 1.165) is 51.4 Å². The number of allylic oxidation sites excluding steroid dienone is 6. The van der Waals surface area contributed by atoms with Crippen LogP contribution in [0.1, 0.15) is 348 Å². The number of carbonyl (C=O) groups is 1. The molecule has 1 aliphatic rings. The second kappa shape index (κ2) is 59.6. The van der Waals surface area contributed by atoms with Gasteiger partial charge in [-0.25, -0.2) is 0 Å². The Hall–Kier alpha value is -1.59. The third-order valence-corrected chi connectivity index (χ3v) is 16.7.